The molecule has 0 bridgehead atoms. The van der Waals surface area contributed by atoms with E-state index in [-0.39, 0.29) is 18.5 Å². The maximum Gasteiger partial charge on any atom is 0.309 e. The zero-order valence-corrected chi connectivity index (χ0v) is 9.73. The Kier molecular flexibility index (Phi) is 4.64. The summed E-state index contributed by atoms with van der Waals surface area (Å²) in [6.07, 6.45) is -0.0297. The van der Waals surface area contributed by atoms with Crippen LogP contribution in [0.15, 0.2) is 24.3 Å². The van der Waals surface area contributed by atoms with Crippen LogP contribution in [0.2, 0.25) is 0 Å². The van der Waals surface area contributed by atoms with Crippen LogP contribution in [0.25, 0.3) is 0 Å². The molecule has 0 aliphatic carbocycles. The number of methoxy groups -OCH3 is 2. The smallest absolute Gasteiger partial charge is 0.309 e. The van der Waals surface area contributed by atoms with E-state index < -0.39 is 0 Å². The van der Waals surface area contributed by atoms with E-state index in [1.54, 1.807) is 19.2 Å². The third-order valence-electron chi connectivity index (χ3n) is 2.08. The van der Waals surface area contributed by atoms with Crippen LogP contribution in [0.3, 0.4) is 0 Å². The summed E-state index contributed by atoms with van der Waals surface area (Å²) in [6, 6.07) is 7.31. The topological polar surface area (TPSA) is 44.8 Å². The van der Waals surface area contributed by atoms with E-state index in [9.17, 15) is 4.79 Å². The lowest BCUT2D eigenvalue weighted by atomic mass is 10.2. The van der Waals surface area contributed by atoms with Crippen molar-refractivity contribution in [3.8, 4) is 11.5 Å². The molecule has 0 aromatic heterocycles. The number of carbonyl (C=O) groups is 1. The molecule has 1 aromatic carbocycles. The summed E-state index contributed by atoms with van der Waals surface area (Å²) < 4.78 is 15.3. The second kappa shape index (κ2) is 6.00. The van der Waals surface area contributed by atoms with Crippen LogP contribution in [-0.4, -0.2) is 26.3 Å². The van der Waals surface area contributed by atoms with E-state index in [0.717, 1.165) is 0 Å². The molecule has 1 unspecified atom stereocenters. The molecule has 0 radical (unpaired) electrons. The monoisotopic (exact) mass is 224 g/mol. The second-order valence-corrected chi connectivity index (χ2v) is 3.36. The fraction of sp³-hybridized carbons (Fsp3) is 0.417. The molecule has 1 atom stereocenters. The Morgan fingerprint density at radius 3 is 2.44 bits per heavy atom. The Bertz CT molecular complexity index is 349. The average Bonchev–Trinajstić information content (AvgIpc) is 2.29. The molecule has 0 aliphatic rings. The van der Waals surface area contributed by atoms with Gasteiger partial charge in [-0.15, -0.1) is 0 Å². The number of carbonyl (C=O) groups excluding carboxylic acids is 1. The maximum atomic E-state index is 11.0. The van der Waals surface area contributed by atoms with Crippen molar-refractivity contribution in [2.75, 3.05) is 14.2 Å². The van der Waals surface area contributed by atoms with Crippen LogP contribution in [-0.2, 0) is 9.53 Å². The van der Waals surface area contributed by atoms with E-state index >= 15 is 0 Å². The van der Waals surface area contributed by atoms with Crippen LogP contribution < -0.4 is 9.47 Å². The lowest BCUT2D eigenvalue weighted by Gasteiger charge is -2.15. The third kappa shape index (κ3) is 3.46. The van der Waals surface area contributed by atoms with Gasteiger partial charge in [-0.05, 0) is 19.1 Å². The molecule has 0 saturated heterocycles. The molecule has 0 saturated carbocycles. The minimum Gasteiger partial charge on any atom is -0.493 e. The second-order valence-electron chi connectivity index (χ2n) is 3.36. The predicted octanol–water partition coefficient (Wildman–Crippen LogP) is 2.03. The van der Waals surface area contributed by atoms with Gasteiger partial charge < -0.3 is 14.2 Å². The lowest BCUT2D eigenvalue weighted by molar-refractivity contribution is -0.142. The van der Waals surface area contributed by atoms with Gasteiger partial charge in [0, 0.05) is 0 Å². The van der Waals surface area contributed by atoms with E-state index in [1.165, 1.54) is 7.11 Å². The van der Waals surface area contributed by atoms with Gasteiger partial charge in [0.25, 0.3) is 0 Å². The van der Waals surface area contributed by atoms with Gasteiger partial charge in [-0.25, -0.2) is 0 Å². The zero-order chi connectivity index (χ0) is 12.0. The molecule has 0 aliphatic heterocycles. The zero-order valence-electron chi connectivity index (χ0n) is 9.73. The fourth-order valence-electron chi connectivity index (χ4n) is 1.29. The van der Waals surface area contributed by atoms with Gasteiger partial charge in [-0.2, -0.15) is 0 Å². The van der Waals surface area contributed by atoms with Gasteiger partial charge in [0.05, 0.1) is 20.6 Å². The van der Waals surface area contributed by atoms with Crippen molar-refractivity contribution in [1.82, 2.24) is 0 Å². The molecule has 4 nitrogen and oxygen atoms in total. The Labute approximate surface area is 95.1 Å². The van der Waals surface area contributed by atoms with Crippen LogP contribution in [0.4, 0.5) is 0 Å². The van der Waals surface area contributed by atoms with Gasteiger partial charge >= 0.3 is 5.97 Å². The van der Waals surface area contributed by atoms with Crippen molar-refractivity contribution in [3.05, 3.63) is 24.3 Å². The number of esters is 1. The number of para-hydroxylation sites is 2. The fourth-order valence-corrected chi connectivity index (χ4v) is 1.29. The van der Waals surface area contributed by atoms with Crippen molar-refractivity contribution in [3.63, 3.8) is 0 Å². The van der Waals surface area contributed by atoms with Crippen LogP contribution in [0, 0.1) is 0 Å². The van der Waals surface area contributed by atoms with E-state index in [1.807, 2.05) is 19.1 Å². The summed E-state index contributed by atoms with van der Waals surface area (Å²) in [6.45, 7) is 1.81. The third-order valence-corrected chi connectivity index (χ3v) is 2.08. The molecule has 88 valence electrons. The molecule has 0 N–H and O–H groups in total. The minimum absolute atomic E-state index is 0.217. The van der Waals surface area contributed by atoms with Crippen molar-refractivity contribution in [2.24, 2.45) is 0 Å². The summed E-state index contributed by atoms with van der Waals surface area (Å²) in [7, 11) is 2.94. The van der Waals surface area contributed by atoms with E-state index in [4.69, 9.17) is 9.47 Å². The first-order chi connectivity index (χ1) is 7.67. The Balaban J connectivity index is 2.61. The maximum absolute atomic E-state index is 11.0. The Morgan fingerprint density at radius 1 is 1.25 bits per heavy atom. The molecular formula is C12H16O4. The van der Waals surface area contributed by atoms with Crippen molar-refractivity contribution in [2.45, 2.75) is 19.4 Å². The largest absolute Gasteiger partial charge is 0.493 e. The van der Waals surface area contributed by atoms with Crippen molar-refractivity contribution >= 4 is 5.97 Å². The SMILES string of the molecule is COC(=O)CC(C)Oc1ccccc1OC. The highest BCUT2D eigenvalue weighted by Crippen LogP contribution is 2.27. The van der Waals surface area contributed by atoms with Crippen LogP contribution in [0.5, 0.6) is 11.5 Å². The predicted molar refractivity (Wildman–Crippen MR) is 59.7 cm³/mol. The molecule has 0 amide bonds. The first kappa shape index (κ1) is 12.4. The Morgan fingerprint density at radius 2 is 1.88 bits per heavy atom. The molecule has 4 heteroatoms. The van der Waals surface area contributed by atoms with Crippen molar-refractivity contribution < 1.29 is 19.0 Å². The van der Waals surface area contributed by atoms with Crippen LogP contribution >= 0.6 is 0 Å². The highest BCUT2D eigenvalue weighted by molar-refractivity contribution is 5.69. The normalized spacial score (nSPS) is 11.7. The Hall–Kier alpha value is -1.71. The summed E-state index contributed by atoms with van der Waals surface area (Å²) in [4.78, 5) is 11.0. The average molecular weight is 224 g/mol. The molecule has 16 heavy (non-hydrogen) atoms. The van der Waals surface area contributed by atoms with Gasteiger partial charge in [0.2, 0.25) is 0 Å². The van der Waals surface area contributed by atoms with E-state index in [0.29, 0.717) is 11.5 Å². The van der Waals surface area contributed by atoms with Crippen molar-refractivity contribution in [1.29, 1.82) is 0 Å². The van der Waals surface area contributed by atoms with Gasteiger partial charge in [-0.1, -0.05) is 12.1 Å². The summed E-state index contributed by atoms with van der Waals surface area (Å²) in [5.41, 5.74) is 0. The summed E-state index contributed by atoms with van der Waals surface area (Å²) in [5, 5.41) is 0. The van der Waals surface area contributed by atoms with E-state index in [2.05, 4.69) is 4.74 Å². The first-order valence-corrected chi connectivity index (χ1v) is 5.04. The summed E-state index contributed by atoms with van der Waals surface area (Å²) >= 11 is 0. The van der Waals surface area contributed by atoms with Gasteiger partial charge in [0.1, 0.15) is 6.10 Å². The lowest BCUT2D eigenvalue weighted by Crippen LogP contribution is -2.18. The quantitative estimate of drug-likeness (QED) is 0.718. The summed E-state index contributed by atoms with van der Waals surface area (Å²) in [5.74, 6) is 0.989. The van der Waals surface area contributed by atoms with Gasteiger partial charge in [0.15, 0.2) is 11.5 Å². The standard InChI is InChI=1S/C12H16O4/c1-9(8-12(13)15-3)16-11-7-5-4-6-10(11)14-2/h4-7,9H,8H2,1-3H3. The number of rotatable bonds is 5. The molecular weight excluding hydrogens is 208 g/mol. The minimum atomic E-state index is -0.289. The number of hydrogen-bond acceptors (Lipinski definition) is 4. The molecule has 1 rings (SSSR count). The number of ether oxygens (including phenoxy) is 3. The molecule has 0 spiro atoms. The number of benzene rings is 1. The molecule has 0 heterocycles. The number of hydrogen-bond donors (Lipinski definition) is 0. The highest BCUT2D eigenvalue weighted by atomic mass is 16.5. The highest BCUT2D eigenvalue weighted by Gasteiger charge is 2.12. The first-order valence-electron chi connectivity index (χ1n) is 5.04. The van der Waals surface area contributed by atoms with Crippen LogP contribution in [0.1, 0.15) is 13.3 Å². The molecule has 0 fully saturated rings. The molecule has 1 aromatic rings. The van der Waals surface area contributed by atoms with Gasteiger partial charge in [-0.3, -0.25) is 4.79 Å².